The number of nitrogens with zero attached hydrogens (tertiary/aromatic N) is 4. The number of carbonyl (C=O) groups is 2. The predicted octanol–water partition coefficient (Wildman–Crippen LogP) is 2.98. The number of halogens is 1. The van der Waals surface area contributed by atoms with E-state index in [1.807, 2.05) is 0 Å². The number of hydrogen-bond donors (Lipinski definition) is 1. The number of para-hydroxylation sites is 1. The fraction of sp³-hybridized carbons (Fsp3) is 0.294. The molecule has 0 aliphatic heterocycles. The Bertz CT molecular complexity index is 1010. The summed E-state index contributed by atoms with van der Waals surface area (Å²) in [6.07, 6.45) is 0. The molecular weight excluding hydrogens is 389 g/mol. The van der Waals surface area contributed by atoms with Crippen LogP contribution in [0, 0.1) is 12.7 Å². The molecule has 3 aromatic rings. The van der Waals surface area contributed by atoms with Gasteiger partial charge in [-0.3, -0.25) is 9.59 Å². The lowest BCUT2D eigenvalue weighted by Gasteiger charge is -2.14. The number of thiazole rings is 2. The highest BCUT2D eigenvalue weighted by Gasteiger charge is 2.19. The average molecular weight is 407 g/mol. The highest BCUT2D eigenvalue weighted by molar-refractivity contribution is 7.22. The van der Waals surface area contributed by atoms with Crippen molar-refractivity contribution >= 4 is 55.0 Å². The Morgan fingerprint density at radius 2 is 1.93 bits per heavy atom. The van der Waals surface area contributed by atoms with Crippen molar-refractivity contribution in [3.05, 3.63) is 34.6 Å². The van der Waals surface area contributed by atoms with Crippen molar-refractivity contribution in [3.8, 4) is 0 Å². The molecule has 0 fully saturated rings. The summed E-state index contributed by atoms with van der Waals surface area (Å²) in [5, 5.41) is 3.61. The van der Waals surface area contributed by atoms with Crippen molar-refractivity contribution in [1.29, 1.82) is 0 Å². The van der Waals surface area contributed by atoms with Gasteiger partial charge in [0.25, 0.3) is 5.91 Å². The first-order chi connectivity index (χ1) is 12.8. The number of rotatable bonds is 5. The molecular formula is C17H18FN5O2S2. The summed E-state index contributed by atoms with van der Waals surface area (Å²) < 4.78 is 14.5. The summed E-state index contributed by atoms with van der Waals surface area (Å²) in [6.45, 7) is 1.75. The summed E-state index contributed by atoms with van der Waals surface area (Å²) in [6, 6.07) is 4.77. The number of aromatic nitrogens is 2. The molecule has 0 aliphatic rings. The van der Waals surface area contributed by atoms with Gasteiger partial charge in [-0.2, -0.15) is 0 Å². The topological polar surface area (TPSA) is 78.4 Å². The number of anilines is 2. The van der Waals surface area contributed by atoms with E-state index in [1.165, 1.54) is 22.3 Å². The second-order valence-electron chi connectivity index (χ2n) is 6.12. The van der Waals surface area contributed by atoms with Crippen LogP contribution in [0.4, 0.5) is 14.7 Å². The van der Waals surface area contributed by atoms with E-state index in [4.69, 9.17) is 0 Å². The molecule has 0 saturated heterocycles. The molecule has 2 heterocycles. The second-order valence-corrected chi connectivity index (χ2v) is 8.13. The van der Waals surface area contributed by atoms with Crippen LogP contribution >= 0.6 is 22.7 Å². The predicted molar refractivity (Wildman–Crippen MR) is 106 cm³/mol. The first-order valence-electron chi connectivity index (χ1n) is 8.01. The van der Waals surface area contributed by atoms with E-state index in [0.717, 1.165) is 16.0 Å². The van der Waals surface area contributed by atoms with Crippen molar-refractivity contribution in [2.45, 2.75) is 6.92 Å². The van der Waals surface area contributed by atoms with E-state index in [1.54, 1.807) is 45.1 Å². The largest absolute Gasteiger partial charge is 0.344 e. The molecule has 3 rings (SSSR count). The molecule has 2 amide bonds. The molecule has 142 valence electrons. The highest BCUT2D eigenvalue weighted by atomic mass is 32.1. The lowest BCUT2D eigenvalue weighted by Crippen LogP contribution is -2.29. The normalized spacial score (nSPS) is 10.9. The number of amides is 2. The Balaban J connectivity index is 1.69. The van der Waals surface area contributed by atoms with E-state index in [2.05, 4.69) is 15.3 Å². The van der Waals surface area contributed by atoms with Gasteiger partial charge in [-0.05, 0) is 19.1 Å². The van der Waals surface area contributed by atoms with Crippen molar-refractivity contribution in [2.24, 2.45) is 0 Å². The fourth-order valence-corrected chi connectivity index (χ4v) is 4.30. The van der Waals surface area contributed by atoms with Gasteiger partial charge < -0.3 is 15.1 Å². The molecule has 0 aliphatic carbocycles. The third-order valence-electron chi connectivity index (χ3n) is 3.71. The molecule has 0 bridgehead atoms. The smallest absolute Gasteiger partial charge is 0.265 e. The molecule has 10 heteroatoms. The van der Waals surface area contributed by atoms with Gasteiger partial charge in [-0.25, -0.2) is 14.4 Å². The van der Waals surface area contributed by atoms with Gasteiger partial charge in [-0.1, -0.05) is 28.7 Å². The molecule has 0 unspecified atom stereocenters. The zero-order chi connectivity index (χ0) is 19.7. The fourth-order valence-electron chi connectivity index (χ4n) is 2.36. The number of nitrogens with one attached hydrogen (secondary N) is 1. The number of benzene rings is 1. The average Bonchev–Trinajstić information content (AvgIpc) is 3.18. The van der Waals surface area contributed by atoms with E-state index in [0.29, 0.717) is 26.4 Å². The SMILES string of the molecule is Cc1nc(NC(=O)CN(C)c2nc3c(F)cccc3s2)sc1C(=O)N(C)C. The van der Waals surface area contributed by atoms with Crippen LogP contribution in [0.15, 0.2) is 18.2 Å². The maximum absolute atomic E-state index is 13.8. The number of likely N-dealkylation sites (N-methyl/N-ethyl adjacent to an activating group) is 1. The van der Waals surface area contributed by atoms with Gasteiger partial charge in [0.15, 0.2) is 10.3 Å². The lowest BCUT2D eigenvalue weighted by molar-refractivity contribution is -0.114. The standard InChI is InChI=1S/C17H18FN5O2S2/c1-9-14(15(25)22(2)3)27-16(19-9)20-12(24)8-23(4)17-21-13-10(18)6-5-7-11(13)26-17/h5-7H,8H2,1-4H3,(H,19,20,24). The lowest BCUT2D eigenvalue weighted by atomic mass is 10.3. The van der Waals surface area contributed by atoms with Crippen molar-refractivity contribution in [1.82, 2.24) is 14.9 Å². The van der Waals surface area contributed by atoms with Crippen LogP contribution in [0.1, 0.15) is 15.4 Å². The zero-order valence-corrected chi connectivity index (χ0v) is 16.9. The molecule has 7 nitrogen and oxygen atoms in total. The molecule has 0 spiro atoms. The molecule has 1 aromatic carbocycles. The minimum Gasteiger partial charge on any atom is -0.344 e. The van der Waals surface area contributed by atoms with Crippen molar-refractivity contribution in [2.75, 3.05) is 37.9 Å². The summed E-state index contributed by atoms with van der Waals surface area (Å²) in [5.41, 5.74) is 0.871. The number of hydrogen-bond acceptors (Lipinski definition) is 7. The van der Waals surface area contributed by atoms with Crippen LogP contribution in [0.3, 0.4) is 0 Å². The monoisotopic (exact) mass is 407 g/mol. The van der Waals surface area contributed by atoms with Gasteiger partial charge in [0, 0.05) is 21.1 Å². The summed E-state index contributed by atoms with van der Waals surface area (Å²) in [7, 11) is 5.04. The third-order valence-corrected chi connectivity index (χ3v) is 5.90. The van der Waals surface area contributed by atoms with Crippen LogP contribution in [0.5, 0.6) is 0 Å². The van der Waals surface area contributed by atoms with Crippen LogP contribution in [-0.4, -0.2) is 54.4 Å². The zero-order valence-electron chi connectivity index (χ0n) is 15.2. The molecule has 27 heavy (non-hydrogen) atoms. The minimum atomic E-state index is -0.385. The maximum Gasteiger partial charge on any atom is 0.265 e. The number of carbonyl (C=O) groups excluding carboxylic acids is 2. The summed E-state index contributed by atoms with van der Waals surface area (Å²) in [5.74, 6) is -0.835. The Labute approximate surface area is 163 Å². The maximum atomic E-state index is 13.8. The second kappa shape index (κ2) is 7.57. The van der Waals surface area contributed by atoms with Gasteiger partial charge in [-0.15, -0.1) is 0 Å². The Kier molecular flexibility index (Phi) is 5.38. The summed E-state index contributed by atoms with van der Waals surface area (Å²) in [4.78, 5) is 36.5. The third kappa shape index (κ3) is 4.06. The van der Waals surface area contributed by atoms with Gasteiger partial charge in [0.2, 0.25) is 5.91 Å². The molecule has 0 radical (unpaired) electrons. The Morgan fingerprint density at radius 3 is 2.59 bits per heavy atom. The van der Waals surface area contributed by atoms with Crippen LogP contribution in [0.2, 0.25) is 0 Å². The molecule has 0 atom stereocenters. The first kappa shape index (κ1) is 19.2. The minimum absolute atomic E-state index is 0.0248. The van der Waals surface area contributed by atoms with E-state index < -0.39 is 0 Å². The van der Waals surface area contributed by atoms with E-state index >= 15 is 0 Å². The molecule has 2 aromatic heterocycles. The van der Waals surface area contributed by atoms with Crippen LogP contribution in [-0.2, 0) is 4.79 Å². The summed E-state index contributed by atoms with van der Waals surface area (Å²) >= 11 is 2.45. The van der Waals surface area contributed by atoms with Crippen LogP contribution in [0.25, 0.3) is 10.2 Å². The molecule has 1 N–H and O–H groups in total. The first-order valence-corrected chi connectivity index (χ1v) is 9.64. The highest BCUT2D eigenvalue weighted by Crippen LogP contribution is 2.29. The van der Waals surface area contributed by atoms with Gasteiger partial charge in [0.05, 0.1) is 16.9 Å². The molecule has 0 saturated carbocycles. The number of fused-ring (bicyclic) bond motifs is 1. The Morgan fingerprint density at radius 1 is 1.19 bits per heavy atom. The van der Waals surface area contributed by atoms with E-state index in [9.17, 15) is 14.0 Å². The quantitative estimate of drug-likeness (QED) is 0.704. The van der Waals surface area contributed by atoms with Gasteiger partial charge >= 0.3 is 0 Å². The van der Waals surface area contributed by atoms with E-state index in [-0.39, 0.29) is 24.2 Å². The number of aryl methyl sites for hydroxylation is 1. The van der Waals surface area contributed by atoms with Crippen molar-refractivity contribution < 1.29 is 14.0 Å². The Hall–Kier alpha value is -2.59. The van der Waals surface area contributed by atoms with Crippen LogP contribution < -0.4 is 10.2 Å². The van der Waals surface area contributed by atoms with Gasteiger partial charge in [0.1, 0.15) is 16.2 Å². The van der Waals surface area contributed by atoms with Crippen molar-refractivity contribution in [3.63, 3.8) is 0 Å².